The number of hydrogen-bond donors (Lipinski definition) is 0. The van der Waals surface area contributed by atoms with Gasteiger partial charge < -0.3 is 9.47 Å². The molecule has 20 heavy (non-hydrogen) atoms. The van der Waals surface area contributed by atoms with Gasteiger partial charge in [0.1, 0.15) is 18.0 Å². The van der Waals surface area contributed by atoms with Crippen LogP contribution in [0.3, 0.4) is 0 Å². The van der Waals surface area contributed by atoms with Gasteiger partial charge in [-0.3, -0.25) is 9.59 Å². The van der Waals surface area contributed by atoms with E-state index in [-0.39, 0.29) is 18.1 Å². The Kier molecular flexibility index (Phi) is 6.22. The Morgan fingerprint density at radius 3 is 2.50 bits per heavy atom. The zero-order valence-electron chi connectivity index (χ0n) is 12.6. The fourth-order valence-corrected chi connectivity index (χ4v) is 2.07. The van der Waals surface area contributed by atoms with E-state index in [1.807, 2.05) is 19.1 Å². The van der Waals surface area contributed by atoms with Crippen LogP contribution in [0.15, 0.2) is 18.2 Å². The first kappa shape index (κ1) is 16.2. The predicted octanol–water partition coefficient (Wildman–Crippen LogP) is 3.02. The molecule has 4 nitrogen and oxygen atoms in total. The first-order chi connectivity index (χ1) is 9.47. The Bertz CT molecular complexity index is 479. The predicted molar refractivity (Wildman–Crippen MR) is 77.0 cm³/mol. The van der Waals surface area contributed by atoms with Crippen LogP contribution in [0.5, 0.6) is 5.75 Å². The lowest BCUT2D eigenvalue weighted by atomic mass is 9.93. The van der Waals surface area contributed by atoms with Gasteiger partial charge in [-0.1, -0.05) is 19.1 Å². The van der Waals surface area contributed by atoms with Crippen LogP contribution < -0.4 is 4.74 Å². The first-order valence-corrected chi connectivity index (χ1v) is 6.71. The summed E-state index contributed by atoms with van der Waals surface area (Å²) in [4.78, 5) is 22.6. The number of carbonyl (C=O) groups excluding carboxylic acids is 2. The van der Waals surface area contributed by atoms with Gasteiger partial charge in [-0.2, -0.15) is 0 Å². The molecule has 0 fully saturated rings. The van der Waals surface area contributed by atoms with Gasteiger partial charge in [-0.25, -0.2) is 0 Å². The van der Waals surface area contributed by atoms with Crippen molar-refractivity contribution in [3.63, 3.8) is 0 Å². The van der Waals surface area contributed by atoms with Gasteiger partial charge >= 0.3 is 5.97 Å². The standard InChI is InChI=1S/C16H22O4/c1-11(5-7-14(17)10-16(18)20-4)13-6-8-15(19-3)12(2)9-13/h6,8-9,11H,5,7,10H2,1-4H3/t11-/m1/s1. The van der Waals surface area contributed by atoms with Crippen molar-refractivity contribution in [1.82, 2.24) is 0 Å². The largest absolute Gasteiger partial charge is 0.496 e. The Morgan fingerprint density at radius 1 is 1.25 bits per heavy atom. The van der Waals surface area contributed by atoms with Gasteiger partial charge in [0.05, 0.1) is 14.2 Å². The average molecular weight is 278 g/mol. The molecule has 0 unspecified atom stereocenters. The number of ketones is 1. The topological polar surface area (TPSA) is 52.6 Å². The second-order valence-corrected chi connectivity index (χ2v) is 4.96. The molecule has 0 aliphatic heterocycles. The molecular weight excluding hydrogens is 256 g/mol. The molecule has 0 radical (unpaired) electrons. The summed E-state index contributed by atoms with van der Waals surface area (Å²) in [5.74, 6) is 0.584. The molecule has 4 heteroatoms. The normalized spacial score (nSPS) is 11.8. The van der Waals surface area contributed by atoms with Crippen LogP contribution in [-0.2, 0) is 14.3 Å². The van der Waals surface area contributed by atoms with Crippen molar-refractivity contribution in [2.45, 2.75) is 39.0 Å². The molecule has 0 amide bonds. The number of hydrogen-bond acceptors (Lipinski definition) is 4. The molecule has 0 spiro atoms. The lowest BCUT2D eigenvalue weighted by Gasteiger charge is -2.13. The first-order valence-electron chi connectivity index (χ1n) is 6.71. The van der Waals surface area contributed by atoms with Crippen LogP contribution in [0.25, 0.3) is 0 Å². The van der Waals surface area contributed by atoms with E-state index in [2.05, 4.69) is 17.7 Å². The summed E-state index contributed by atoms with van der Waals surface area (Å²) in [6, 6.07) is 6.03. The van der Waals surface area contributed by atoms with Crippen LogP contribution >= 0.6 is 0 Å². The van der Waals surface area contributed by atoms with Gasteiger partial charge in [-0.15, -0.1) is 0 Å². The third-order valence-electron chi connectivity index (χ3n) is 3.41. The maximum Gasteiger partial charge on any atom is 0.313 e. The fourth-order valence-electron chi connectivity index (χ4n) is 2.07. The third kappa shape index (κ3) is 4.68. The molecule has 0 bridgehead atoms. The van der Waals surface area contributed by atoms with Crippen LogP contribution in [0.1, 0.15) is 43.2 Å². The number of methoxy groups -OCH3 is 2. The van der Waals surface area contributed by atoms with E-state index >= 15 is 0 Å². The molecule has 0 aliphatic rings. The molecule has 0 saturated carbocycles. The van der Waals surface area contributed by atoms with E-state index in [1.54, 1.807) is 7.11 Å². The van der Waals surface area contributed by atoms with Crippen molar-refractivity contribution in [1.29, 1.82) is 0 Å². The van der Waals surface area contributed by atoms with Crippen LogP contribution in [-0.4, -0.2) is 26.0 Å². The summed E-state index contributed by atoms with van der Waals surface area (Å²) in [6.45, 7) is 4.07. The number of ether oxygens (including phenoxy) is 2. The third-order valence-corrected chi connectivity index (χ3v) is 3.41. The molecule has 110 valence electrons. The number of Topliss-reactive ketones (excluding diaryl/α,β-unsaturated/α-hetero) is 1. The van der Waals surface area contributed by atoms with Crippen molar-refractivity contribution in [2.75, 3.05) is 14.2 Å². The van der Waals surface area contributed by atoms with Crippen molar-refractivity contribution >= 4 is 11.8 Å². The molecule has 1 aromatic carbocycles. The summed E-state index contributed by atoms with van der Waals surface area (Å²) >= 11 is 0. The van der Waals surface area contributed by atoms with E-state index in [0.717, 1.165) is 17.7 Å². The van der Waals surface area contributed by atoms with Crippen LogP contribution in [0.4, 0.5) is 0 Å². The molecule has 1 rings (SSSR count). The zero-order valence-corrected chi connectivity index (χ0v) is 12.6. The molecule has 0 aromatic heterocycles. The molecule has 0 N–H and O–H groups in total. The lowest BCUT2D eigenvalue weighted by molar-refractivity contribution is -0.143. The van der Waals surface area contributed by atoms with Gasteiger partial charge in [0.15, 0.2) is 0 Å². The smallest absolute Gasteiger partial charge is 0.313 e. The minimum absolute atomic E-state index is 0.0751. The molecule has 0 heterocycles. The molecule has 0 saturated heterocycles. The maximum atomic E-state index is 11.6. The summed E-state index contributed by atoms with van der Waals surface area (Å²) in [6.07, 6.45) is 0.980. The Morgan fingerprint density at radius 2 is 1.95 bits per heavy atom. The average Bonchev–Trinajstić information content (AvgIpc) is 2.44. The second kappa shape index (κ2) is 7.68. The highest BCUT2D eigenvalue weighted by molar-refractivity contribution is 5.95. The monoisotopic (exact) mass is 278 g/mol. The van der Waals surface area contributed by atoms with Gasteiger partial charge in [-0.05, 0) is 36.5 Å². The van der Waals surface area contributed by atoms with E-state index in [4.69, 9.17) is 4.74 Å². The Labute approximate surface area is 120 Å². The SMILES string of the molecule is COC(=O)CC(=O)CC[C@@H](C)c1ccc(OC)c(C)c1. The van der Waals surface area contributed by atoms with Gasteiger partial charge in [0.25, 0.3) is 0 Å². The molecule has 1 atom stereocenters. The number of benzene rings is 1. The summed E-state index contributed by atoms with van der Waals surface area (Å²) in [5, 5.41) is 0. The Hall–Kier alpha value is -1.84. The van der Waals surface area contributed by atoms with E-state index in [0.29, 0.717) is 6.42 Å². The van der Waals surface area contributed by atoms with E-state index in [1.165, 1.54) is 12.7 Å². The number of rotatable bonds is 7. The van der Waals surface area contributed by atoms with E-state index < -0.39 is 5.97 Å². The number of aryl methyl sites for hydroxylation is 1. The zero-order chi connectivity index (χ0) is 15.1. The molecule has 1 aromatic rings. The van der Waals surface area contributed by atoms with Crippen molar-refractivity contribution < 1.29 is 19.1 Å². The van der Waals surface area contributed by atoms with Crippen molar-refractivity contribution in [2.24, 2.45) is 0 Å². The van der Waals surface area contributed by atoms with E-state index in [9.17, 15) is 9.59 Å². The van der Waals surface area contributed by atoms with Crippen molar-refractivity contribution in [3.05, 3.63) is 29.3 Å². The van der Waals surface area contributed by atoms with Crippen molar-refractivity contribution in [3.8, 4) is 5.75 Å². The summed E-state index contributed by atoms with van der Waals surface area (Å²) in [5.41, 5.74) is 2.26. The highest BCUT2D eigenvalue weighted by Crippen LogP contribution is 2.26. The molecule has 0 aliphatic carbocycles. The van der Waals surface area contributed by atoms with Gasteiger partial charge in [0.2, 0.25) is 0 Å². The summed E-state index contributed by atoms with van der Waals surface area (Å²) < 4.78 is 9.71. The quantitative estimate of drug-likeness (QED) is 0.568. The number of esters is 1. The maximum absolute atomic E-state index is 11.6. The minimum Gasteiger partial charge on any atom is -0.496 e. The highest BCUT2D eigenvalue weighted by atomic mass is 16.5. The lowest BCUT2D eigenvalue weighted by Crippen LogP contribution is -2.10. The highest BCUT2D eigenvalue weighted by Gasteiger charge is 2.13. The van der Waals surface area contributed by atoms with Gasteiger partial charge in [0, 0.05) is 6.42 Å². The summed E-state index contributed by atoms with van der Waals surface area (Å²) in [7, 11) is 2.94. The number of carbonyl (C=O) groups is 2. The van der Waals surface area contributed by atoms with Crippen LogP contribution in [0.2, 0.25) is 0 Å². The van der Waals surface area contributed by atoms with Crippen LogP contribution in [0, 0.1) is 6.92 Å². The Balaban J connectivity index is 2.54. The second-order valence-electron chi connectivity index (χ2n) is 4.96. The fraction of sp³-hybridized carbons (Fsp3) is 0.500. The molecular formula is C16H22O4. The minimum atomic E-state index is -0.469.